The van der Waals surface area contributed by atoms with E-state index < -0.39 is 47.6 Å². The average molecular weight is 320 g/mol. The highest BCUT2D eigenvalue weighted by atomic mass is 19.4. The van der Waals surface area contributed by atoms with Gasteiger partial charge in [-0.1, -0.05) is 27.7 Å². The van der Waals surface area contributed by atoms with Gasteiger partial charge in [0.25, 0.3) is 0 Å². The second kappa shape index (κ2) is 5.88. The van der Waals surface area contributed by atoms with Crippen molar-refractivity contribution in [1.29, 1.82) is 0 Å². The molecule has 0 atom stereocenters. The first-order valence-electron chi connectivity index (χ1n) is 6.05. The fourth-order valence-electron chi connectivity index (χ4n) is 1.38. The van der Waals surface area contributed by atoms with Gasteiger partial charge in [-0.25, -0.2) is 0 Å². The van der Waals surface area contributed by atoms with Gasteiger partial charge in [0.15, 0.2) is 5.78 Å². The van der Waals surface area contributed by atoms with E-state index in [9.17, 15) is 36.2 Å². The van der Waals surface area contributed by atoms with E-state index in [0.717, 1.165) is 27.7 Å². The molecule has 124 valence electrons. The molecular formula is C13H18F6O2. The Kier molecular flexibility index (Phi) is 5.55. The minimum atomic E-state index is -4.63. The predicted molar refractivity (Wildman–Crippen MR) is 64.6 cm³/mol. The number of allylic oxidation sites excluding steroid dienone is 2. The molecule has 2 nitrogen and oxygen atoms in total. The first-order valence-corrected chi connectivity index (χ1v) is 6.05. The zero-order valence-corrected chi connectivity index (χ0v) is 12.1. The van der Waals surface area contributed by atoms with Crippen molar-refractivity contribution in [2.24, 2.45) is 10.8 Å². The molecule has 0 aliphatic carbocycles. The maximum atomic E-state index is 12.6. The molecule has 0 bridgehead atoms. The molecular weight excluding hydrogens is 302 g/mol. The highest BCUT2D eigenvalue weighted by molar-refractivity contribution is 5.90. The van der Waals surface area contributed by atoms with Gasteiger partial charge in [-0.15, -0.1) is 0 Å². The quantitative estimate of drug-likeness (QED) is 0.442. The Balaban J connectivity index is 4.92. The van der Waals surface area contributed by atoms with E-state index in [4.69, 9.17) is 0 Å². The highest BCUT2D eigenvalue weighted by Gasteiger charge is 2.49. The molecule has 0 aromatic carbocycles. The fraction of sp³-hybridized carbons (Fsp3) is 0.769. The van der Waals surface area contributed by atoms with Gasteiger partial charge in [0.1, 0.15) is 0 Å². The summed E-state index contributed by atoms with van der Waals surface area (Å²) in [5.41, 5.74) is -4.60. The van der Waals surface area contributed by atoms with E-state index in [1.54, 1.807) is 0 Å². The van der Waals surface area contributed by atoms with Crippen LogP contribution in [0.15, 0.2) is 11.8 Å². The molecule has 0 rings (SSSR count). The summed E-state index contributed by atoms with van der Waals surface area (Å²) in [5, 5.41) is 9.38. The summed E-state index contributed by atoms with van der Waals surface area (Å²) >= 11 is 0. The molecule has 0 aromatic rings. The van der Waals surface area contributed by atoms with E-state index >= 15 is 0 Å². The van der Waals surface area contributed by atoms with Crippen LogP contribution < -0.4 is 0 Å². The third-order valence-corrected chi connectivity index (χ3v) is 3.10. The van der Waals surface area contributed by atoms with Crippen LogP contribution in [0.2, 0.25) is 0 Å². The summed E-state index contributed by atoms with van der Waals surface area (Å²) in [4.78, 5) is 11.4. The molecule has 0 heterocycles. The summed E-state index contributed by atoms with van der Waals surface area (Å²) in [6, 6.07) is 0. The van der Waals surface area contributed by atoms with Crippen LogP contribution in [0.25, 0.3) is 0 Å². The monoisotopic (exact) mass is 320 g/mol. The lowest BCUT2D eigenvalue weighted by atomic mass is 9.85. The van der Waals surface area contributed by atoms with E-state index in [2.05, 4.69) is 0 Å². The Hall–Kier alpha value is -1.21. The smallest absolute Gasteiger partial charge is 0.394 e. The largest absolute Gasteiger partial charge is 0.512 e. The topological polar surface area (TPSA) is 37.3 Å². The summed E-state index contributed by atoms with van der Waals surface area (Å²) in [7, 11) is 0. The van der Waals surface area contributed by atoms with Gasteiger partial charge in [0.05, 0.1) is 16.6 Å². The molecule has 0 radical (unpaired) electrons. The summed E-state index contributed by atoms with van der Waals surface area (Å²) in [6.45, 7) is 3.24. The van der Waals surface area contributed by atoms with Crippen molar-refractivity contribution >= 4 is 5.78 Å². The Labute approximate surface area is 118 Å². The molecule has 0 aliphatic heterocycles. The third-order valence-electron chi connectivity index (χ3n) is 3.10. The van der Waals surface area contributed by atoms with Gasteiger partial charge in [-0.3, -0.25) is 4.79 Å². The number of carbonyl (C=O) groups excluding carboxylic acids is 1. The molecule has 1 N–H and O–H groups in total. The molecule has 0 unspecified atom stereocenters. The van der Waals surface area contributed by atoms with Gasteiger partial charge < -0.3 is 5.11 Å². The molecule has 8 heteroatoms. The minimum absolute atomic E-state index is 0.432. The van der Waals surface area contributed by atoms with Gasteiger partial charge in [0.2, 0.25) is 0 Å². The highest BCUT2D eigenvalue weighted by Crippen LogP contribution is 2.42. The molecule has 0 aromatic heterocycles. The van der Waals surface area contributed by atoms with Crippen molar-refractivity contribution in [3.63, 3.8) is 0 Å². The fourth-order valence-corrected chi connectivity index (χ4v) is 1.38. The van der Waals surface area contributed by atoms with Crippen LogP contribution in [0.3, 0.4) is 0 Å². The Bertz CT molecular complexity index is 415. The van der Waals surface area contributed by atoms with Crippen LogP contribution in [-0.4, -0.2) is 23.2 Å². The van der Waals surface area contributed by atoms with Crippen LogP contribution in [-0.2, 0) is 4.79 Å². The Morgan fingerprint density at radius 3 is 1.52 bits per heavy atom. The second-order valence-corrected chi connectivity index (χ2v) is 6.22. The Morgan fingerprint density at radius 1 is 0.857 bits per heavy atom. The molecule has 0 saturated carbocycles. The number of hydrogen-bond donors (Lipinski definition) is 1. The van der Waals surface area contributed by atoms with Gasteiger partial charge in [0, 0.05) is 18.9 Å². The lowest BCUT2D eigenvalue weighted by molar-refractivity contribution is -0.213. The van der Waals surface area contributed by atoms with Crippen LogP contribution >= 0.6 is 0 Å². The van der Waals surface area contributed by atoms with E-state index in [1.165, 1.54) is 0 Å². The SMILES string of the molecule is CC(C)(CC(=O)/C=C(\O)CC(C)(C)C(F)(F)F)C(F)(F)F. The van der Waals surface area contributed by atoms with E-state index in [0.29, 0.717) is 6.08 Å². The van der Waals surface area contributed by atoms with Crippen molar-refractivity contribution in [3.8, 4) is 0 Å². The first-order chi connectivity index (χ1) is 8.99. The predicted octanol–water partition coefficient (Wildman–Crippen LogP) is 4.95. The standard InChI is InChI=1S/C13H18F6O2/c1-10(2,12(14,15)16)6-8(20)5-9(21)7-11(3,4)13(17,18)19/h5,20H,6-7H2,1-4H3/b8-5-. The summed E-state index contributed by atoms with van der Waals surface area (Å²) in [6.07, 6.45) is -10.6. The molecule has 21 heavy (non-hydrogen) atoms. The number of ketones is 1. The van der Waals surface area contributed by atoms with Crippen LogP contribution in [0.5, 0.6) is 0 Å². The van der Waals surface area contributed by atoms with E-state index in [-0.39, 0.29) is 0 Å². The van der Waals surface area contributed by atoms with Gasteiger partial charge in [-0.05, 0) is 0 Å². The number of aliphatic hydroxyl groups excluding tert-OH is 1. The number of hydrogen-bond acceptors (Lipinski definition) is 2. The van der Waals surface area contributed by atoms with Crippen molar-refractivity contribution in [3.05, 3.63) is 11.8 Å². The van der Waals surface area contributed by atoms with Crippen molar-refractivity contribution in [2.45, 2.75) is 52.9 Å². The number of aliphatic hydroxyl groups is 1. The van der Waals surface area contributed by atoms with Crippen LogP contribution in [0, 0.1) is 10.8 Å². The maximum Gasteiger partial charge on any atom is 0.394 e. The zero-order chi connectivity index (χ0) is 17.3. The lowest BCUT2D eigenvalue weighted by Crippen LogP contribution is -2.34. The summed E-state index contributed by atoms with van der Waals surface area (Å²) in [5.74, 6) is -1.96. The Morgan fingerprint density at radius 2 is 1.19 bits per heavy atom. The molecule has 0 saturated heterocycles. The van der Waals surface area contributed by atoms with Gasteiger partial charge in [-0.2, -0.15) is 26.3 Å². The molecule has 0 aliphatic rings. The number of alkyl halides is 6. The van der Waals surface area contributed by atoms with Gasteiger partial charge >= 0.3 is 12.4 Å². The minimum Gasteiger partial charge on any atom is -0.512 e. The number of halogens is 6. The van der Waals surface area contributed by atoms with E-state index in [1.807, 2.05) is 0 Å². The summed E-state index contributed by atoms with van der Waals surface area (Å²) < 4.78 is 75.5. The second-order valence-electron chi connectivity index (χ2n) is 6.22. The maximum absolute atomic E-state index is 12.6. The van der Waals surface area contributed by atoms with Crippen LogP contribution in [0.4, 0.5) is 26.3 Å². The molecule has 0 amide bonds. The lowest BCUT2D eigenvalue weighted by Gasteiger charge is -2.28. The third kappa shape index (κ3) is 5.59. The van der Waals surface area contributed by atoms with Crippen molar-refractivity contribution < 1.29 is 36.2 Å². The number of rotatable bonds is 5. The molecule has 0 spiro atoms. The first kappa shape index (κ1) is 19.8. The normalized spacial score (nSPS) is 15.2. The van der Waals surface area contributed by atoms with Crippen LogP contribution in [0.1, 0.15) is 40.5 Å². The average Bonchev–Trinajstić information content (AvgIpc) is 2.10. The molecule has 0 fully saturated rings. The zero-order valence-electron chi connectivity index (χ0n) is 12.1. The van der Waals surface area contributed by atoms with Crippen molar-refractivity contribution in [1.82, 2.24) is 0 Å². The number of carbonyl (C=O) groups is 1. The van der Waals surface area contributed by atoms with Crippen molar-refractivity contribution in [2.75, 3.05) is 0 Å².